The Labute approximate surface area is 158 Å². The number of nitrogens with zero attached hydrogens (tertiary/aromatic N) is 2. The maximum Gasteiger partial charge on any atom is 0.201 e. The van der Waals surface area contributed by atoms with Crippen LogP contribution in [-0.2, 0) is 13.5 Å². The number of benzene rings is 1. The molecule has 1 aromatic carbocycles. The molecular formula is C19H19BrF2N2O2. The second-order valence-corrected chi connectivity index (χ2v) is 8.25. The molecule has 26 heavy (non-hydrogen) atoms. The van der Waals surface area contributed by atoms with Gasteiger partial charge in [-0.3, -0.25) is 9.48 Å². The molecule has 3 aliphatic rings. The van der Waals surface area contributed by atoms with Crippen LogP contribution < -0.4 is 4.74 Å². The van der Waals surface area contributed by atoms with Gasteiger partial charge < -0.3 is 4.74 Å². The fraction of sp³-hybridized carbons (Fsp3) is 0.474. The molecule has 0 saturated heterocycles. The van der Waals surface area contributed by atoms with Crippen LogP contribution in [0.15, 0.2) is 16.6 Å². The summed E-state index contributed by atoms with van der Waals surface area (Å²) in [7, 11) is 1.81. The summed E-state index contributed by atoms with van der Waals surface area (Å²) >= 11 is 3.17. The lowest BCUT2D eigenvalue weighted by Crippen LogP contribution is -2.57. The number of Topliss-reactive ketones (excluding diaryl/α,β-unsaturated/α-hetero) is 1. The van der Waals surface area contributed by atoms with E-state index in [1.165, 1.54) is 6.07 Å². The zero-order chi connectivity index (χ0) is 18.6. The van der Waals surface area contributed by atoms with E-state index in [2.05, 4.69) is 21.0 Å². The van der Waals surface area contributed by atoms with Gasteiger partial charge in [0.15, 0.2) is 17.3 Å². The van der Waals surface area contributed by atoms with E-state index < -0.39 is 11.6 Å². The van der Waals surface area contributed by atoms with E-state index in [9.17, 15) is 13.6 Å². The lowest BCUT2D eigenvalue weighted by molar-refractivity contribution is -0.0711. The first-order valence-corrected chi connectivity index (χ1v) is 9.45. The minimum absolute atomic E-state index is 0.122. The van der Waals surface area contributed by atoms with Crippen molar-refractivity contribution in [1.29, 1.82) is 0 Å². The van der Waals surface area contributed by atoms with Gasteiger partial charge >= 0.3 is 0 Å². The number of carbonyl (C=O) groups excluding carboxylic acids is 1. The van der Waals surface area contributed by atoms with Crippen molar-refractivity contribution in [2.45, 2.75) is 32.6 Å². The van der Waals surface area contributed by atoms with Gasteiger partial charge in [0.2, 0.25) is 5.82 Å². The van der Waals surface area contributed by atoms with E-state index in [1.807, 2.05) is 6.92 Å². The van der Waals surface area contributed by atoms with E-state index in [0.717, 1.165) is 36.6 Å². The molecule has 0 N–H and O–H groups in total. The van der Waals surface area contributed by atoms with E-state index in [4.69, 9.17) is 4.74 Å². The van der Waals surface area contributed by atoms with Gasteiger partial charge in [0, 0.05) is 30.1 Å². The molecule has 0 unspecified atom stereocenters. The number of aryl methyl sites for hydroxylation is 1. The highest BCUT2D eigenvalue weighted by Gasteiger charge is 2.61. The van der Waals surface area contributed by atoms with Crippen LogP contribution in [0.3, 0.4) is 0 Å². The first-order chi connectivity index (χ1) is 12.3. The van der Waals surface area contributed by atoms with Crippen molar-refractivity contribution in [3.63, 3.8) is 0 Å². The zero-order valence-corrected chi connectivity index (χ0v) is 16.2. The van der Waals surface area contributed by atoms with Crippen LogP contribution in [0.1, 0.15) is 41.0 Å². The number of ketones is 1. The highest BCUT2D eigenvalue weighted by Crippen LogP contribution is 2.65. The van der Waals surface area contributed by atoms with Gasteiger partial charge in [0.05, 0.1) is 11.1 Å². The van der Waals surface area contributed by atoms with Crippen LogP contribution in [0.25, 0.3) is 0 Å². The number of rotatable bonds is 6. The number of halogens is 3. The fourth-order valence-electron chi connectivity index (χ4n) is 4.04. The molecule has 138 valence electrons. The smallest absolute Gasteiger partial charge is 0.201 e. The van der Waals surface area contributed by atoms with Crippen LogP contribution >= 0.6 is 15.9 Å². The first-order valence-electron chi connectivity index (χ1n) is 8.66. The molecular weight excluding hydrogens is 406 g/mol. The van der Waals surface area contributed by atoms with Gasteiger partial charge in [-0.25, -0.2) is 4.39 Å². The monoisotopic (exact) mass is 424 g/mol. The number of aromatic nitrogens is 2. The number of hydrogen-bond donors (Lipinski definition) is 0. The van der Waals surface area contributed by atoms with Crippen LogP contribution in [-0.4, -0.2) is 22.2 Å². The third kappa shape index (κ3) is 2.59. The topological polar surface area (TPSA) is 44.1 Å². The van der Waals surface area contributed by atoms with E-state index in [-0.39, 0.29) is 23.6 Å². The van der Waals surface area contributed by atoms with Crippen molar-refractivity contribution < 1.29 is 18.3 Å². The van der Waals surface area contributed by atoms with Crippen LogP contribution in [0, 0.1) is 29.9 Å². The highest BCUT2D eigenvalue weighted by atomic mass is 79.9. The zero-order valence-electron chi connectivity index (χ0n) is 14.6. The average molecular weight is 425 g/mol. The Kier molecular flexibility index (Phi) is 4.17. The van der Waals surface area contributed by atoms with Crippen molar-refractivity contribution in [3.05, 3.63) is 45.2 Å². The average Bonchev–Trinajstić information content (AvgIpc) is 2.79. The van der Waals surface area contributed by atoms with Crippen molar-refractivity contribution in [1.82, 2.24) is 9.78 Å². The number of ether oxygens (including phenoxy) is 1. The Morgan fingerprint density at radius 1 is 1.38 bits per heavy atom. The molecule has 2 aromatic rings. The highest BCUT2D eigenvalue weighted by molar-refractivity contribution is 9.10. The number of carbonyl (C=O) groups is 1. The minimum atomic E-state index is -1.02. The summed E-state index contributed by atoms with van der Waals surface area (Å²) in [6.45, 7) is 2.03. The molecule has 3 aliphatic carbocycles. The molecule has 0 radical (unpaired) electrons. The normalized spacial score (nSPS) is 23.3. The summed E-state index contributed by atoms with van der Waals surface area (Å²) in [4.78, 5) is 12.9. The molecule has 7 heteroatoms. The summed E-state index contributed by atoms with van der Waals surface area (Å²) in [5.74, 6) is -1.30. The maximum atomic E-state index is 13.9. The van der Waals surface area contributed by atoms with Crippen molar-refractivity contribution in [2.75, 3.05) is 6.61 Å². The van der Waals surface area contributed by atoms with E-state index >= 15 is 0 Å². The van der Waals surface area contributed by atoms with Crippen LogP contribution in [0.4, 0.5) is 8.78 Å². The fourth-order valence-corrected chi connectivity index (χ4v) is 4.46. The predicted molar refractivity (Wildman–Crippen MR) is 95.3 cm³/mol. The summed E-state index contributed by atoms with van der Waals surface area (Å²) in [6.07, 6.45) is 3.32. The van der Waals surface area contributed by atoms with Gasteiger partial charge in [-0.1, -0.05) is 0 Å². The summed E-state index contributed by atoms with van der Waals surface area (Å²) < 4.78 is 34.8. The largest absolute Gasteiger partial charge is 0.489 e. The van der Waals surface area contributed by atoms with Crippen molar-refractivity contribution >= 4 is 21.7 Å². The van der Waals surface area contributed by atoms with Crippen LogP contribution in [0.2, 0.25) is 0 Å². The lowest BCUT2D eigenvalue weighted by atomic mass is 9.42. The van der Waals surface area contributed by atoms with E-state index in [0.29, 0.717) is 22.5 Å². The Balaban J connectivity index is 1.52. The molecule has 3 fully saturated rings. The Morgan fingerprint density at radius 3 is 2.69 bits per heavy atom. The van der Waals surface area contributed by atoms with Crippen LogP contribution in [0.5, 0.6) is 5.75 Å². The van der Waals surface area contributed by atoms with Gasteiger partial charge in [0.1, 0.15) is 5.69 Å². The van der Waals surface area contributed by atoms with Gasteiger partial charge in [-0.2, -0.15) is 9.49 Å². The Morgan fingerprint density at radius 2 is 2.08 bits per heavy atom. The van der Waals surface area contributed by atoms with Gasteiger partial charge in [-0.05, 0) is 60.2 Å². The summed E-state index contributed by atoms with van der Waals surface area (Å²) in [5, 5.41) is 4.43. The molecule has 0 aliphatic heterocycles. The third-order valence-electron chi connectivity index (χ3n) is 5.79. The lowest BCUT2D eigenvalue weighted by Gasteiger charge is -2.60. The van der Waals surface area contributed by atoms with E-state index in [1.54, 1.807) is 11.7 Å². The SMILES string of the molecule is Cc1c(CCOc2c(Br)ccc(F)c2F)c(C(=O)C23CC(C2)C3)nn1C. The molecule has 0 amide bonds. The van der Waals surface area contributed by atoms with Gasteiger partial charge in [0.25, 0.3) is 0 Å². The molecule has 0 atom stereocenters. The summed E-state index contributed by atoms with van der Waals surface area (Å²) in [6, 6.07) is 2.44. The third-order valence-corrected chi connectivity index (χ3v) is 6.42. The molecule has 0 spiro atoms. The first kappa shape index (κ1) is 17.6. The second-order valence-electron chi connectivity index (χ2n) is 7.39. The predicted octanol–water partition coefficient (Wildman–Crippen LogP) is 4.37. The molecule has 4 nitrogen and oxygen atoms in total. The number of hydrogen-bond acceptors (Lipinski definition) is 3. The molecule has 2 bridgehead atoms. The molecule has 1 heterocycles. The molecule has 3 saturated carbocycles. The molecule has 5 rings (SSSR count). The Hall–Kier alpha value is -1.76. The molecule has 1 aromatic heterocycles. The quantitative estimate of drug-likeness (QED) is 0.510. The summed E-state index contributed by atoms with van der Waals surface area (Å²) in [5.41, 5.74) is 2.03. The Bertz CT molecular complexity index is 892. The standard InChI is InChI=1S/C19H19BrF2N2O2/c1-10-12(5-6-26-17-13(20)3-4-14(21)15(17)22)16(23-24(10)2)18(25)19-7-11(8-19)9-19/h3-4,11H,5-9H2,1-2H3. The van der Waals surface area contributed by atoms with Crippen molar-refractivity contribution in [2.24, 2.45) is 18.4 Å². The van der Waals surface area contributed by atoms with Crippen molar-refractivity contribution in [3.8, 4) is 5.75 Å². The van der Waals surface area contributed by atoms with Gasteiger partial charge in [-0.15, -0.1) is 0 Å². The second kappa shape index (κ2) is 6.15. The maximum absolute atomic E-state index is 13.9. The minimum Gasteiger partial charge on any atom is -0.489 e.